The Balaban J connectivity index is 2.25. The lowest BCUT2D eigenvalue weighted by molar-refractivity contribution is -0.211. The van der Waals surface area contributed by atoms with E-state index < -0.39 is 12.1 Å². The van der Waals surface area contributed by atoms with Crippen molar-refractivity contribution in [3.8, 4) is 5.75 Å². The normalized spacial score (nSPS) is 11.1. The molecule has 2 aromatic rings. The Morgan fingerprint density at radius 2 is 1.65 bits per heavy atom. The molecule has 0 unspecified atom stereocenters. The lowest BCUT2D eigenvalue weighted by Crippen LogP contribution is -2.35. The number of carboxylic acid groups (broad SMARTS) is 1. The molecule has 0 aliphatic rings. The average Bonchev–Trinajstić information content (AvgIpc) is 2.42. The quantitative estimate of drug-likeness (QED) is 0.912. The maximum Gasteiger partial charge on any atom is 0.501 e. The minimum Gasteiger partial charge on any atom is -0.474 e. The summed E-state index contributed by atoms with van der Waals surface area (Å²) in [6.07, 6.45) is -3.86. The van der Waals surface area contributed by atoms with Crippen molar-refractivity contribution in [3.05, 3.63) is 65.7 Å². The number of para-hydroxylation sites is 1. The van der Waals surface area contributed by atoms with Crippen LogP contribution in [0.3, 0.4) is 0 Å². The average molecular weight is 278 g/mol. The first-order valence-electron chi connectivity index (χ1n) is 5.91. The molecule has 0 radical (unpaired) electrons. The minimum atomic E-state index is -4.24. The zero-order valence-corrected chi connectivity index (χ0v) is 10.4. The van der Waals surface area contributed by atoms with E-state index in [1.54, 1.807) is 12.1 Å². The number of ether oxygens (including phenoxy) is 1. The van der Waals surface area contributed by atoms with Crippen molar-refractivity contribution in [1.82, 2.24) is 0 Å². The number of carboxylic acids is 1. The second-order valence-corrected chi connectivity index (χ2v) is 4.19. The topological polar surface area (TPSA) is 46.5 Å². The highest BCUT2D eigenvalue weighted by molar-refractivity contribution is 5.74. The highest BCUT2D eigenvalue weighted by Crippen LogP contribution is 2.27. The molecule has 0 heterocycles. The molecule has 0 aromatic heterocycles. The van der Waals surface area contributed by atoms with Gasteiger partial charge in [-0.15, -0.1) is 0 Å². The number of rotatable bonds is 5. The molecular formula is C15H12F2O3. The molecule has 0 fully saturated rings. The van der Waals surface area contributed by atoms with Gasteiger partial charge in [-0.3, -0.25) is 0 Å². The summed E-state index contributed by atoms with van der Waals surface area (Å²) in [5.41, 5.74) is 1.42. The third kappa shape index (κ3) is 3.32. The van der Waals surface area contributed by atoms with Gasteiger partial charge in [0.2, 0.25) is 0 Å². The summed E-state index contributed by atoms with van der Waals surface area (Å²) in [6.45, 7) is 0. The minimum absolute atomic E-state index is 0.135. The summed E-state index contributed by atoms with van der Waals surface area (Å²) in [4.78, 5) is 10.4. The maximum atomic E-state index is 13.1. The van der Waals surface area contributed by atoms with Gasteiger partial charge in [0, 0.05) is 6.42 Å². The molecular weight excluding hydrogens is 266 g/mol. The summed E-state index contributed by atoms with van der Waals surface area (Å²) in [7, 11) is 0. The predicted molar refractivity (Wildman–Crippen MR) is 68.9 cm³/mol. The Bertz CT molecular complexity index is 597. The zero-order chi connectivity index (χ0) is 14.6. The first-order valence-corrected chi connectivity index (χ1v) is 5.91. The number of alkyl halides is 2. The van der Waals surface area contributed by atoms with E-state index >= 15 is 0 Å². The maximum absolute atomic E-state index is 13.1. The SMILES string of the molecule is O=C(O)C(F)(F)Oc1ccccc1Cc1ccccc1. The summed E-state index contributed by atoms with van der Waals surface area (Å²) in [5.74, 6) is -2.45. The van der Waals surface area contributed by atoms with Gasteiger partial charge in [0.1, 0.15) is 5.75 Å². The van der Waals surface area contributed by atoms with Crippen molar-refractivity contribution < 1.29 is 23.4 Å². The molecule has 2 rings (SSSR count). The van der Waals surface area contributed by atoms with E-state index in [0.717, 1.165) is 5.56 Å². The van der Waals surface area contributed by atoms with Crippen molar-refractivity contribution in [2.75, 3.05) is 0 Å². The first kappa shape index (κ1) is 14.0. The van der Waals surface area contributed by atoms with Gasteiger partial charge in [-0.2, -0.15) is 8.78 Å². The molecule has 3 nitrogen and oxygen atoms in total. The van der Waals surface area contributed by atoms with Gasteiger partial charge in [-0.25, -0.2) is 4.79 Å². The smallest absolute Gasteiger partial charge is 0.474 e. The Morgan fingerprint density at radius 3 is 2.30 bits per heavy atom. The number of hydrogen-bond donors (Lipinski definition) is 1. The Morgan fingerprint density at radius 1 is 1.05 bits per heavy atom. The lowest BCUT2D eigenvalue weighted by atomic mass is 10.0. The van der Waals surface area contributed by atoms with Gasteiger partial charge in [0.25, 0.3) is 0 Å². The summed E-state index contributed by atoms with van der Waals surface area (Å²) in [5, 5.41) is 8.41. The van der Waals surface area contributed by atoms with Crippen molar-refractivity contribution in [2.45, 2.75) is 12.5 Å². The fourth-order valence-corrected chi connectivity index (χ4v) is 1.75. The summed E-state index contributed by atoms with van der Waals surface area (Å²) < 4.78 is 30.6. The molecule has 104 valence electrons. The van der Waals surface area contributed by atoms with Gasteiger partial charge >= 0.3 is 12.1 Å². The van der Waals surface area contributed by atoms with E-state index in [1.165, 1.54) is 12.1 Å². The molecule has 0 saturated carbocycles. The number of aliphatic carboxylic acids is 1. The Hall–Kier alpha value is -2.43. The summed E-state index contributed by atoms with van der Waals surface area (Å²) in [6, 6.07) is 15.4. The fourth-order valence-electron chi connectivity index (χ4n) is 1.75. The molecule has 20 heavy (non-hydrogen) atoms. The molecule has 0 spiro atoms. The van der Waals surface area contributed by atoms with Crippen LogP contribution < -0.4 is 4.74 Å². The predicted octanol–water partition coefficient (Wildman–Crippen LogP) is 3.33. The van der Waals surface area contributed by atoms with E-state index in [1.807, 2.05) is 30.3 Å². The first-order chi connectivity index (χ1) is 9.49. The number of hydrogen-bond acceptors (Lipinski definition) is 2. The van der Waals surface area contributed by atoms with Crippen molar-refractivity contribution >= 4 is 5.97 Å². The Labute approximate surface area is 114 Å². The molecule has 5 heteroatoms. The van der Waals surface area contributed by atoms with Crippen LogP contribution in [0.4, 0.5) is 8.78 Å². The van der Waals surface area contributed by atoms with E-state index in [0.29, 0.717) is 12.0 Å². The molecule has 1 N–H and O–H groups in total. The van der Waals surface area contributed by atoms with Crippen LogP contribution in [0.2, 0.25) is 0 Å². The molecule has 0 aliphatic heterocycles. The van der Waals surface area contributed by atoms with Crippen LogP contribution in [0.1, 0.15) is 11.1 Å². The molecule has 0 amide bonds. The van der Waals surface area contributed by atoms with Crippen LogP contribution in [0.15, 0.2) is 54.6 Å². The van der Waals surface area contributed by atoms with Gasteiger partial charge in [0.05, 0.1) is 0 Å². The summed E-state index contributed by atoms with van der Waals surface area (Å²) >= 11 is 0. The van der Waals surface area contributed by atoms with Crippen LogP contribution in [-0.2, 0) is 11.2 Å². The van der Waals surface area contributed by atoms with Crippen molar-refractivity contribution in [1.29, 1.82) is 0 Å². The highest BCUT2D eigenvalue weighted by atomic mass is 19.3. The number of carbonyl (C=O) groups is 1. The van der Waals surface area contributed by atoms with Gasteiger partial charge in [0.15, 0.2) is 0 Å². The van der Waals surface area contributed by atoms with Crippen LogP contribution >= 0.6 is 0 Å². The monoisotopic (exact) mass is 278 g/mol. The van der Waals surface area contributed by atoms with Crippen LogP contribution in [0.25, 0.3) is 0 Å². The third-order valence-electron chi connectivity index (χ3n) is 2.70. The largest absolute Gasteiger partial charge is 0.501 e. The highest BCUT2D eigenvalue weighted by Gasteiger charge is 2.42. The van der Waals surface area contributed by atoms with Gasteiger partial charge in [-0.1, -0.05) is 48.5 Å². The van der Waals surface area contributed by atoms with Crippen molar-refractivity contribution in [2.24, 2.45) is 0 Å². The molecule has 0 aliphatic carbocycles. The second-order valence-electron chi connectivity index (χ2n) is 4.19. The van der Waals surface area contributed by atoms with E-state index in [2.05, 4.69) is 4.74 Å². The third-order valence-corrected chi connectivity index (χ3v) is 2.70. The van der Waals surface area contributed by atoms with Gasteiger partial charge in [-0.05, 0) is 17.2 Å². The molecule has 0 bridgehead atoms. The second kappa shape index (κ2) is 5.69. The zero-order valence-electron chi connectivity index (χ0n) is 10.4. The lowest BCUT2D eigenvalue weighted by Gasteiger charge is -2.16. The number of halogens is 2. The van der Waals surface area contributed by atoms with E-state index in [4.69, 9.17) is 5.11 Å². The molecule has 0 saturated heterocycles. The van der Waals surface area contributed by atoms with Crippen LogP contribution in [0, 0.1) is 0 Å². The molecule has 2 aromatic carbocycles. The van der Waals surface area contributed by atoms with E-state index in [-0.39, 0.29) is 5.75 Å². The number of benzene rings is 2. The Kier molecular flexibility index (Phi) is 3.98. The van der Waals surface area contributed by atoms with E-state index in [9.17, 15) is 13.6 Å². The standard InChI is InChI=1S/C15H12F2O3/c16-15(17,14(18)19)20-13-9-5-4-8-12(13)10-11-6-2-1-3-7-11/h1-9H,10H2,(H,18,19). The van der Waals surface area contributed by atoms with Crippen LogP contribution in [0.5, 0.6) is 5.75 Å². The van der Waals surface area contributed by atoms with Gasteiger partial charge < -0.3 is 9.84 Å². The molecule has 0 atom stereocenters. The fraction of sp³-hybridized carbons (Fsp3) is 0.133. The van der Waals surface area contributed by atoms with Crippen LogP contribution in [-0.4, -0.2) is 17.2 Å². The van der Waals surface area contributed by atoms with Crippen molar-refractivity contribution in [3.63, 3.8) is 0 Å².